The van der Waals surface area contributed by atoms with E-state index in [1.165, 1.54) is 11.8 Å². The summed E-state index contributed by atoms with van der Waals surface area (Å²) in [5, 5.41) is 24.0. The van der Waals surface area contributed by atoms with Crippen LogP contribution in [-0.2, 0) is 9.59 Å². The van der Waals surface area contributed by atoms with Crippen LogP contribution in [0, 0.1) is 0 Å². The van der Waals surface area contributed by atoms with Crippen LogP contribution in [0.1, 0.15) is 25.3 Å². The predicted octanol–water partition coefficient (Wildman–Crippen LogP) is 0.177. The number of aromatic nitrogens is 4. The van der Waals surface area contributed by atoms with Crippen molar-refractivity contribution in [2.45, 2.75) is 36.0 Å². The number of amides is 1. The molecule has 1 atom stereocenters. The van der Waals surface area contributed by atoms with Gasteiger partial charge in [-0.25, -0.2) is 9.48 Å². The number of carboxylic acid groups (broad SMARTS) is 1. The third-order valence-corrected chi connectivity index (χ3v) is 5.62. The minimum absolute atomic E-state index is 0.118. The largest absolute Gasteiger partial charge is 0.479 e. The van der Waals surface area contributed by atoms with Crippen molar-refractivity contribution in [1.82, 2.24) is 25.5 Å². The van der Waals surface area contributed by atoms with Crippen LogP contribution in [0.3, 0.4) is 0 Å². The molecule has 0 spiro atoms. The molecule has 2 heterocycles. The molecule has 1 saturated heterocycles. The van der Waals surface area contributed by atoms with Crippen molar-refractivity contribution in [1.29, 1.82) is 0 Å². The van der Waals surface area contributed by atoms with Crippen LogP contribution >= 0.6 is 23.5 Å². The van der Waals surface area contributed by atoms with Crippen molar-refractivity contribution in [3.05, 3.63) is 0 Å². The van der Waals surface area contributed by atoms with Crippen LogP contribution in [0.25, 0.3) is 0 Å². The van der Waals surface area contributed by atoms with Gasteiger partial charge in [0.15, 0.2) is 0 Å². The average Bonchev–Trinajstić information content (AvgIpc) is 3.00. The number of hydrogen-bond acceptors (Lipinski definition) is 7. The van der Waals surface area contributed by atoms with Crippen molar-refractivity contribution in [2.75, 3.05) is 17.3 Å². The van der Waals surface area contributed by atoms with E-state index in [0.29, 0.717) is 23.4 Å². The predicted molar refractivity (Wildman–Crippen MR) is 77.3 cm³/mol. The Labute approximate surface area is 129 Å². The van der Waals surface area contributed by atoms with Crippen LogP contribution in [0.4, 0.5) is 0 Å². The molecule has 1 saturated carbocycles. The molecule has 0 bridgehead atoms. The highest BCUT2D eigenvalue weighted by Crippen LogP contribution is 2.36. The summed E-state index contributed by atoms with van der Waals surface area (Å²) in [5.41, 5.74) is -1.12. The fraction of sp³-hybridized carbons (Fsp3) is 0.727. The van der Waals surface area contributed by atoms with Gasteiger partial charge >= 0.3 is 5.97 Å². The summed E-state index contributed by atoms with van der Waals surface area (Å²) >= 11 is 2.78. The molecule has 0 aromatic carbocycles. The molecule has 3 rings (SSSR count). The second-order valence-corrected chi connectivity index (χ2v) is 7.21. The third-order valence-electron chi connectivity index (χ3n) is 3.50. The number of hydrogen-bond donors (Lipinski definition) is 2. The molecule has 1 amide bonds. The fourth-order valence-electron chi connectivity index (χ4n) is 2.15. The maximum atomic E-state index is 12.0. The summed E-state index contributed by atoms with van der Waals surface area (Å²) in [7, 11) is 0. The molecule has 2 aliphatic rings. The monoisotopic (exact) mass is 329 g/mol. The van der Waals surface area contributed by atoms with Gasteiger partial charge in [-0.05, 0) is 35.4 Å². The van der Waals surface area contributed by atoms with Gasteiger partial charge in [0.25, 0.3) is 0 Å². The van der Waals surface area contributed by atoms with Gasteiger partial charge in [0.1, 0.15) is 5.54 Å². The summed E-state index contributed by atoms with van der Waals surface area (Å²) in [5.74, 6) is 0.0225. The van der Waals surface area contributed by atoms with Gasteiger partial charge in [-0.1, -0.05) is 11.8 Å². The summed E-state index contributed by atoms with van der Waals surface area (Å²) in [4.78, 5) is 23.4. The van der Waals surface area contributed by atoms with E-state index in [-0.39, 0.29) is 11.7 Å². The number of tetrazole rings is 1. The number of thioether (sulfide) groups is 2. The first-order chi connectivity index (χ1) is 10.1. The number of nitrogens with zero attached hydrogens (tertiary/aromatic N) is 4. The number of rotatable bonds is 6. The van der Waals surface area contributed by atoms with Crippen LogP contribution in [0.2, 0.25) is 0 Å². The molecule has 1 aliphatic carbocycles. The molecule has 2 N–H and O–H groups in total. The molecule has 1 aromatic heterocycles. The van der Waals surface area contributed by atoms with Gasteiger partial charge in [0, 0.05) is 5.75 Å². The molecule has 1 aliphatic heterocycles. The van der Waals surface area contributed by atoms with Crippen molar-refractivity contribution >= 4 is 35.4 Å². The Bertz CT molecular complexity index is 554. The quantitative estimate of drug-likeness (QED) is 0.711. The topological polar surface area (TPSA) is 110 Å². The standard InChI is InChI=1S/C11H15N5O3S2/c17-8(12-11(9(18)19)3-4-20-6-11)5-21-10-13-14-15-16(10)7-1-2-7/h7H,1-6H2,(H,12,17)(H,18,19). The molecule has 1 unspecified atom stereocenters. The van der Waals surface area contributed by atoms with Gasteiger partial charge in [0.2, 0.25) is 11.1 Å². The lowest BCUT2D eigenvalue weighted by atomic mass is 9.99. The lowest BCUT2D eigenvalue weighted by molar-refractivity contribution is -0.146. The molecule has 2 fully saturated rings. The number of carbonyl (C=O) groups excluding carboxylic acids is 1. The normalized spacial score (nSPS) is 25.0. The summed E-state index contributed by atoms with van der Waals surface area (Å²) in [6, 6.07) is 0.349. The Morgan fingerprint density at radius 1 is 1.52 bits per heavy atom. The first-order valence-electron chi connectivity index (χ1n) is 6.63. The van der Waals surface area contributed by atoms with E-state index in [1.807, 2.05) is 0 Å². The van der Waals surface area contributed by atoms with E-state index in [1.54, 1.807) is 16.4 Å². The maximum absolute atomic E-state index is 12.0. The van der Waals surface area contributed by atoms with E-state index >= 15 is 0 Å². The zero-order chi connectivity index (χ0) is 14.9. The maximum Gasteiger partial charge on any atom is 0.330 e. The van der Waals surface area contributed by atoms with Crippen molar-refractivity contribution in [3.8, 4) is 0 Å². The van der Waals surface area contributed by atoms with Gasteiger partial charge < -0.3 is 10.4 Å². The Hall–Kier alpha value is -1.29. The molecule has 8 nitrogen and oxygen atoms in total. The highest BCUT2D eigenvalue weighted by atomic mass is 32.2. The number of carboxylic acids is 1. The van der Waals surface area contributed by atoms with Gasteiger partial charge in [-0.2, -0.15) is 11.8 Å². The highest BCUT2D eigenvalue weighted by molar-refractivity contribution is 8.00. The van der Waals surface area contributed by atoms with E-state index in [9.17, 15) is 14.7 Å². The first-order valence-corrected chi connectivity index (χ1v) is 8.77. The number of carbonyl (C=O) groups is 2. The van der Waals surface area contributed by atoms with Crippen molar-refractivity contribution in [3.63, 3.8) is 0 Å². The lowest BCUT2D eigenvalue weighted by Gasteiger charge is -2.24. The van der Waals surface area contributed by atoms with Crippen LogP contribution in [0.15, 0.2) is 5.16 Å². The van der Waals surface area contributed by atoms with Gasteiger partial charge in [0.05, 0.1) is 11.8 Å². The number of aliphatic carboxylic acids is 1. The summed E-state index contributed by atoms with van der Waals surface area (Å²) in [6.07, 6.45) is 2.58. The van der Waals surface area contributed by atoms with E-state index < -0.39 is 11.5 Å². The van der Waals surface area contributed by atoms with E-state index in [0.717, 1.165) is 18.6 Å². The Morgan fingerprint density at radius 2 is 2.33 bits per heavy atom. The zero-order valence-corrected chi connectivity index (χ0v) is 12.8. The zero-order valence-electron chi connectivity index (χ0n) is 11.2. The third kappa shape index (κ3) is 3.15. The van der Waals surface area contributed by atoms with E-state index in [2.05, 4.69) is 20.8 Å². The molecule has 21 heavy (non-hydrogen) atoms. The molecular formula is C11H15N5O3S2. The highest BCUT2D eigenvalue weighted by Gasteiger charge is 2.43. The van der Waals surface area contributed by atoms with Gasteiger partial charge in [-0.15, -0.1) is 5.10 Å². The molecular weight excluding hydrogens is 314 g/mol. The first kappa shape index (κ1) is 14.6. The Balaban J connectivity index is 1.56. The second-order valence-electron chi connectivity index (χ2n) is 5.16. The molecule has 1 aromatic rings. The average molecular weight is 329 g/mol. The molecule has 114 valence electrons. The fourth-order valence-corrected chi connectivity index (χ4v) is 4.22. The Kier molecular flexibility index (Phi) is 4.07. The van der Waals surface area contributed by atoms with Crippen LogP contribution in [-0.4, -0.2) is 60.0 Å². The van der Waals surface area contributed by atoms with Gasteiger partial charge in [-0.3, -0.25) is 4.79 Å². The summed E-state index contributed by atoms with van der Waals surface area (Å²) < 4.78 is 1.73. The summed E-state index contributed by atoms with van der Waals surface area (Å²) in [6.45, 7) is 0. The minimum Gasteiger partial charge on any atom is -0.479 e. The minimum atomic E-state index is -1.12. The SMILES string of the molecule is O=C(CSc1nnnn1C1CC1)NC1(C(=O)O)CCSC1. The lowest BCUT2D eigenvalue weighted by Crippen LogP contribution is -2.55. The number of nitrogens with one attached hydrogen (secondary N) is 1. The van der Waals surface area contributed by atoms with Crippen LogP contribution in [0.5, 0.6) is 0 Å². The smallest absolute Gasteiger partial charge is 0.330 e. The molecule has 0 radical (unpaired) electrons. The molecule has 10 heteroatoms. The van der Waals surface area contributed by atoms with Crippen molar-refractivity contribution in [2.24, 2.45) is 0 Å². The second kappa shape index (κ2) is 5.84. The van der Waals surface area contributed by atoms with Crippen molar-refractivity contribution < 1.29 is 14.7 Å². The van der Waals surface area contributed by atoms with Crippen LogP contribution < -0.4 is 5.32 Å². The Morgan fingerprint density at radius 3 is 2.95 bits per heavy atom. The van der Waals surface area contributed by atoms with E-state index in [4.69, 9.17) is 0 Å².